The Hall–Kier alpha value is -2.03. The van der Waals surface area contributed by atoms with Crippen LogP contribution in [0.15, 0.2) is 42.6 Å². The molecule has 0 saturated carbocycles. The maximum atomic E-state index is 13.5. The Balaban J connectivity index is 2.06. The molecule has 0 saturated heterocycles. The van der Waals surface area contributed by atoms with E-state index in [1.165, 1.54) is 6.07 Å². The van der Waals surface area contributed by atoms with Gasteiger partial charge in [-0.1, -0.05) is 17.7 Å². The Kier molecular flexibility index (Phi) is 3.82. The highest BCUT2D eigenvalue weighted by molar-refractivity contribution is 5.96. The molecular weight excluding hydrogens is 229 g/mol. The van der Waals surface area contributed by atoms with Gasteiger partial charge < -0.3 is 0 Å². The standard InChI is InChI=1S/C15H14FNO/c1-11-5-7-14(16)13(10-11)15(18)8-6-12-4-2-3-9-17-12/h2-5,7,9-10H,6,8H2,1H3. The van der Waals surface area contributed by atoms with Crippen LogP contribution in [-0.4, -0.2) is 10.8 Å². The van der Waals surface area contributed by atoms with Crippen molar-refractivity contribution >= 4 is 5.78 Å². The van der Waals surface area contributed by atoms with Gasteiger partial charge in [-0.3, -0.25) is 9.78 Å². The smallest absolute Gasteiger partial charge is 0.166 e. The van der Waals surface area contributed by atoms with Crippen LogP contribution in [0.25, 0.3) is 0 Å². The molecule has 18 heavy (non-hydrogen) atoms. The quantitative estimate of drug-likeness (QED) is 0.771. The molecule has 2 rings (SSSR count). The van der Waals surface area contributed by atoms with Crippen molar-refractivity contribution in [3.05, 3.63) is 65.2 Å². The number of rotatable bonds is 4. The summed E-state index contributed by atoms with van der Waals surface area (Å²) in [6, 6.07) is 10.1. The summed E-state index contributed by atoms with van der Waals surface area (Å²) in [5.74, 6) is -0.631. The SMILES string of the molecule is Cc1ccc(F)c(C(=O)CCc2ccccn2)c1. The molecule has 0 spiro atoms. The highest BCUT2D eigenvalue weighted by Gasteiger charge is 2.11. The van der Waals surface area contributed by atoms with Gasteiger partial charge in [0.2, 0.25) is 0 Å². The van der Waals surface area contributed by atoms with Crippen molar-refractivity contribution in [2.75, 3.05) is 0 Å². The number of Topliss-reactive ketones (excluding diaryl/α,β-unsaturated/α-hetero) is 1. The van der Waals surface area contributed by atoms with E-state index in [0.717, 1.165) is 11.3 Å². The molecule has 0 aliphatic rings. The predicted molar refractivity (Wildman–Crippen MR) is 68.0 cm³/mol. The molecule has 1 aromatic carbocycles. The van der Waals surface area contributed by atoms with Gasteiger partial charge in [-0.05, 0) is 37.6 Å². The topological polar surface area (TPSA) is 30.0 Å². The number of aromatic nitrogens is 1. The minimum atomic E-state index is -0.452. The van der Waals surface area contributed by atoms with E-state index in [4.69, 9.17) is 0 Å². The van der Waals surface area contributed by atoms with Gasteiger partial charge >= 0.3 is 0 Å². The van der Waals surface area contributed by atoms with Crippen LogP contribution in [0.4, 0.5) is 4.39 Å². The van der Waals surface area contributed by atoms with E-state index in [-0.39, 0.29) is 17.8 Å². The zero-order valence-corrected chi connectivity index (χ0v) is 10.2. The Bertz CT molecular complexity index is 552. The number of pyridine rings is 1. The molecule has 0 atom stereocenters. The molecule has 3 heteroatoms. The molecule has 0 fully saturated rings. The lowest BCUT2D eigenvalue weighted by Gasteiger charge is -2.04. The number of benzene rings is 1. The molecule has 1 aromatic heterocycles. The van der Waals surface area contributed by atoms with Gasteiger partial charge in [0.25, 0.3) is 0 Å². The number of carbonyl (C=O) groups excluding carboxylic acids is 1. The minimum absolute atomic E-state index is 0.172. The summed E-state index contributed by atoms with van der Waals surface area (Å²) in [6.45, 7) is 1.84. The number of ketones is 1. The maximum absolute atomic E-state index is 13.5. The van der Waals surface area contributed by atoms with Gasteiger partial charge in [0.05, 0.1) is 5.56 Å². The Morgan fingerprint density at radius 3 is 2.83 bits per heavy atom. The van der Waals surface area contributed by atoms with Crippen LogP contribution in [0.5, 0.6) is 0 Å². The molecule has 2 aromatic rings. The van der Waals surface area contributed by atoms with Crippen molar-refractivity contribution in [3.63, 3.8) is 0 Å². The van der Waals surface area contributed by atoms with Crippen LogP contribution in [0, 0.1) is 12.7 Å². The van der Waals surface area contributed by atoms with Crippen LogP contribution in [0.2, 0.25) is 0 Å². The normalized spacial score (nSPS) is 10.3. The predicted octanol–water partition coefficient (Wildman–Crippen LogP) is 3.34. The van der Waals surface area contributed by atoms with Crippen molar-refractivity contribution in [2.45, 2.75) is 19.8 Å². The van der Waals surface area contributed by atoms with Crippen LogP contribution in [0.3, 0.4) is 0 Å². The maximum Gasteiger partial charge on any atom is 0.166 e. The average molecular weight is 243 g/mol. The summed E-state index contributed by atoms with van der Waals surface area (Å²) in [6.07, 6.45) is 2.50. The zero-order chi connectivity index (χ0) is 13.0. The van der Waals surface area contributed by atoms with E-state index < -0.39 is 5.82 Å². The molecule has 0 bridgehead atoms. The monoisotopic (exact) mass is 243 g/mol. The van der Waals surface area contributed by atoms with Crippen LogP contribution in [0.1, 0.15) is 28.0 Å². The van der Waals surface area contributed by atoms with Crippen molar-refractivity contribution in [2.24, 2.45) is 0 Å². The second-order valence-electron chi connectivity index (χ2n) is 4.23. The van der Waals surface area contributed by atoms with Gasteiger partial charge in [-0.2, -0.15) is 0 Å². The summed E-state index contributed by atoms with van der Waals surface area (Å²) in [7, 11) is 0. The van der Waals surface area contributed by atoms with Crippen molar-refractivity contribution in [1.82, 2.24) is 4.98 Å². The second-order valence-corrected chi connectivity index (χ2v) is 4.23. The summed E-state index contributed by atoms with van der Waals surface area (Å²) in [5.41, 5.74) is 1.91. The summed E-state index contributed by atoms with van der Waals surface area (Å²) in [5, 5.41) is 0. The van der Waals surface area contributed by atoms with E-state index in [2.05, 4.69) is 4.98 Å². The first-order valence-electron chi connectivity index (χ1n) is 5.86. The number of hydrogen-bond acceptors (Lipinski definition) is 2. The second kappa shape index (κ2) is 5.54. The van der Waals surface area contributed by atoms with Gasteiger partial charge in [0, 0.05) is 18.3 Å². The minimum Gasteiger partial charge on any atom is -0.294 e. The zero-order valence-electron chi connectivity index (χ0n) is 10.2. The van der Waals surface area contributed by atoms with E-state index in [1.807, 2.05) is 25.1 Å². The molecule has 92 valence electrons. The van der Waals surface area contributed by atoms with Gasteiger partial charge in [0.1, 0.15) is 5.82 Å². The summed E-state index contributed by atoms with van der Waals surface area (Å²) in [4.78, 5) is 16.1. The Morgan fingerprint density at radius 1 is 1.28 bits per heavy atom. The molecule has 0 aliphatic heterocycles. The van der Waals surface area contributed by atoms with E-state index in [1.54, 1.807) is 18.3 Å². The molecule has 1 heterocycles. The molecule has 0 N–H and O–H groups in total. The number of nitrogens with zero attached hydrogens (tertiary/aromatic N) is 1. The lowest BCUT2D eigenvalue weighted by Crippen LogP contribution is -2.05. The van der Waals surface area contributed by atoms with Crippen molar-refractivity contribution in [3.8, 4) is 0 Å². The molecule has 2 nitrogen and oxygen atoms in total. The third-order valence-corrected chi connectivity index (χ3v) is 2.76. The molecular formula is C15H14FNO. The third-order valence-electron chi connectivity index (χ3n) is 2.76. The fourth-order valence-corrected chi connectivity index (χ4v) is 1.78. The molecule has 0 radical (unpaired) electrons. The summed E-state index contributed by atoms with van der Waals surface area (Å²) >= 11 is 0. The third kappa shape index (κ3) is 3.00. The highest BCUT2D eigenvalue weighted by atomic mass is 19.1. The fourth-order valence-electron chi connectivity index (χ4n) is 1.78. The van der Waals surface area contributed by atoms with Gasteiger partial charge in [-0.25, -0.2) is 4.39 Å². The lowest BCUT2D eigenvalue weighted by atomic mass is 10.0. The molecule has 0 unspecified atom stereocenters. The van der Waals surface area contributed by atoms with Gasteiger partial charge in [0.15, 0.2) is 5.78 Å². The van der Waals surface area contributed by atoms with Gasteiger partial charge in [-0.15, -0.1) is 0 Å². The fraction of sp³-hybridized carbons (Fsp3) is 0.200. The largest absolute Gasteiger partial charge is 0.294 e. The lowest BCUT2D eigenvalue weighted by molar-refractivity contribution is 0.0978. The van der Waals surface area contributed by atoms with Crippen molar-refractivity contribution < 1.29 is 9.18 Å². The first-order chi connectivity index (χ1) is 8.66. The van der Waals surface area contributed by atoms with Crippen LogP contribution >= 0.6 is 0 Å². The first kappa shape index (κ1) is 12.4. The van der Waals surface area contributed by atoms with Crippen molar-refractivity contribution in [1.29, 1.82) is 0 Å². The molecule has 0 aliphatic carbocycles. The highest BCUT2D eigenvalue weighted by Crippen LogP contribution is 2.13. The number of hydrogen-bond donors (Lipinski definition) is 0. The Labute approximate surface area is 105 Å². The molecule has 0 amide bonds. The number of aryl methyl sites for hydroxylation is 2. The number of carbonyl (C=O) groups is 1. The summed E-state index contributed by atoms with van der Waals surface area (Å²) < 4.78 is 13.5. The van der Waals surface area contributed by atoms with E-state index in [0.29, 0.717) is 6.42 Å². The van der Waals surface area contributed by atoms with Crippen LogP contribution in [-0.2, 0) is 6.42 Å². The van der Waals surface area contributed by atoms with E-state index in [9.17, 15) is 9.18 Å². The first-order valence-corrected chi connectivity index (χ1v) is 5.86. The number of halogens is 1. The Morgan fingerprint density at radius 2 is 2.11 bits per heavy atom. The van der Waals surface area contributed by atoms with E-state index >= 15 is 0 Å². The van der Waals surface area contributed by atoms with Crippen LogP contribution < -0.4 is 0 Å². The average Bonchev–Trinajstić information content (AvgIpc) is 2.40.